The number of rotatable bonds is 7. The standard InChI is InChI=1S/C39H62O11/c1-21(22(2)13-16-40)9-8-10-28-23(3)34(44)36-30(46-28)19-33-38(6,50-36)15-12-31(43)39(7,49-33)20-25-17-27(42)35-29(45-25)11-14-37(5)32(47-35)18-26(41)24(4)48-37/h9,13,16,23-36,41-44H,8,10-12,14-15,17-20H2,1-7H3/b21-9+,22-13+. The molecule has 0 aromatic rings. The van der Waals surface area contributed by atoms with Crippen LogP contribution in [0.1, 0.15) is 113 Å². The molecule has 6 aliphatic rings. The molecule has 6 fully saturated rings. The molecule has 50 heavy (non-hydrogen) atoms. The second-order valence-electron chi connectivity index (χ2n) is 17.0. The van der Waals surface area contributed by atoms with Gasteiger partial charge in [0, 0.05) is 31.6 Å². The zero-order valence-corrected chi connectivity index (χ0v) is 31.0. The Morgan fingerprint density at radius 2 is 1.50 bits per heavy atom. The van der Waals surface area contributed by atoms with Crippen LogP contribution in [0, 0.1) is 5.92 Å². The quantitative estimate of drug-likeness (QED) is 0.174. The molecule has 0 aliphatic carbocycles. The van der Waals surface area contributed by atoms with Gasteiger partial charge in [-0.25, -0.2) is 0 Å². The van der Waals surface area contributed by atoms with Crippen LogP contribution in [0.5, 0.6) is 0 Å². The van der Waals surface area contributed by atoms with E-state index in [9.17, 15) is 25.2 Å². The van der Waals surface area contributed by atoms with E-state index in [0.717, 1.165) is 30.3 Å². The van der Waals surface area contributed by atoms with Gasteiger partial charge in [-0.05, 0) is 91.7 Å². The summed E-state index contributed by atoms with van der Waals surface area (Å²) in [5.41, 5.74) is -0.285. The fourth-order valence-corrected chi connectivity index (χ4v) is 9.55. The van der Waals surface area contributed by atoms with Gasteiger partial charge in [-0.15, -0.1) is 0 Å². The third-order valence-corrected chi connectivity index (χ3v) is 13.2. The molecule has 4 N–H and O–H groups in total. The Kier molecular flexibility index (Phi) is 11.4. The molecular formula is C39H62O11. The second kappa shape index (κ2) is 14.9. The number of aliphatic hydroxyl groups excluding tert-OH is 4. The van der Waals surface area contributed by atoms with Gasteiger partial charge in [-0.1, -0.05) is 18.6 Å². The number of fused-ring (bicyclic) bond motifs is 4. The molecule has 6 saturated heterocycles. The third kappa shape index (κ3) is 7.56. The Balaban J connectivity index is 1.12. The maximum absolute atomic E-state index is 11.6. The lowest BCUT2D eigenvalue weighted by atomic mass is 9.78. The summed E-state index contributed by atoms with van der Waals surface area (Å²) in [4.78, 5) is 10.9. The number of hydrogen-bond acceptors (Lipinski definition) is 11. The van der Waals surface area contributed by atoms with Crippen LogP contribution in [0.3, 0.4) is 0 Å². The van der Waals surface area contributed by atoms with Gasteiger partial charge in [0.2, 0.25) is 0 Å². The second-order valence-corrected chi connectivity index (χ2v) is 17.0. The normalized spacial score (nSPS) is 51.7. The summed E-state index contributed by atoms with van der Waals surface area (Å²) >= 11 is 0. The first kappa shape index (κ1) is 38.5. The Morgan fingerprint density at radius 3 is 2.24 bits per heavy atom. The predicted octanol–water partition coefficient (Wildman–Crippen LogP) is 3.85. The molecule has 11 nitrogen and oxygen atoms in total. The highest BCUT2D eigenvalue weighted by Gasteiger charge is 2.58. The molecular weight excluding hydrogens is 644 g/mol. The van der Waals surface area contributed by atoms with Crippen LogP contribution in [-0.4, -0.2) is 123 Å². The van der Waals surface area contributed by atoms with Gasteiger partial charge in [0.15, 0.2) is 0 Å². The molecule has 284 valence electrons. The fourth-order valence-electron chi connectivity index (χ4n) is 9.55. The Bertz CT molecular complexity index is 1270. The number of hydrogen-bond donors (Lipinski definition) is 4. The average Bonchev–Trinajstić information content (AvgIpc) is 3.25. The van der Waals surface area contributed by atoms with Crippen molar-refractivity contribution in [2.24, 2.45) is 5.92 Å². The summed E-state index contributed by atoms with van der Waals surface area (Å²) in [6.45, 7) is 13.8. The molecule has 0 aromatic carbocycles. The van der Waals surface area contributed by atoms with Gasteiger partial charge >= 0.3 is 0 Å². The third-order valence-electron chi connectivity index (χ3n) is 13.2. The van der Waals surface area contributed by atoms with Crippen molar-refractivity contribution >= 4 is 6.29 Å². The predicted molar refractivity (Wildman–Crippen MR) is 184 cm³/mol. The summed E-state index contributed by atoms with van der Waals surface area (Å²) in [6.07, 6.45) is 3.85. The maximum atomic E-state index is 11.6. The summed E-state index contributed by atoms with van der Waals surface area (Å²) in [5, 5.41) is 45.0. The van der Waals surface area contributed by atoms with Crippen LogP contribution >= 0.6 is 0 Å². The van der Waals surface area contributed by atoms with E-state index in [1.807, 2.05) is 48.5 Å². The van der Waals surface area contributed by atoms with Crippen molar-refractivity contribution in [3.8, 4) is 0 Å². The van der Waals surface area contributed by atoms with Crippen molar-refractivity contribution in [2.75, 3.05) is 0 Å². The highest BCUT2D eigenvalue weighted by molar-refractivity contribution is 5.67. The van der Waals surface area contributed by atoms with E-state index in [-0.39, 0.29) is 48.6 Å². The Labute approximate surface area is 297 Å². The van der Waals surface area contributed by atoms with E-state index in [1.165, 1.54) is 0 Å². The maximum Gasteiger partial charge on any atom is 0.143 e. The molecule has 6 rings (SSSR count). The zero-order valence-electron chi connectivity index (χ0n) is 31.0. The molecule has 11 heteroatoms. The summed E-state index contributed by atoms with van der Waals surface area (Å²) in [6, 6.07) is 0. The number of aldehydes is 1. The summed E-state index contributed by atoms with van der Waals surface area (Å²) in [7, 11) is 0. The van der Waals surface area contributed by atoms with E-state index in [2.05, 4.69) is 6.08 Å². The molecule has 0 spiro atoms. The summed E-state index contributed by atoms with van der Waals surface area (Å²) in [5.74, 6) is -0.127. The van der Waals surface area contributed by atoms with E-state index in [0.29, 0.717) is 51.4 Å². The highest BCUT2D eigenvalue weighted by Crippen LogP contribution is 2.48. The Morgan fingerprint density at radius 1 is 0.780 bits per heavy atom. The molecule has 0 saturated carbocycles. The van der Waals surface area contributed by atoms with Crippen LogP contribution in [-0.2, 0) is 33.2 Å². The van der Waals surface area contributed by atoms with Gasteiger partial charge in [-0.3, -0.25) is 4.79 Å². The largest absolute Gasteiger partial charge is 0.390 e. The minimum Gasteiger partial charge on any atom is -0.390 e. The first-order valence-corrected chi connectivity index (χ1v) is 19.1. The van der Waals surface area contributed by atoms with Crippen molar-refractivity contribution in [2.45, 2.75) is 209 Å². The number of aliphatic hydroxyl groups is 4. The summed E-state index contributed by atoms with van der Waals surface area (Å²) < 4.78 is 39.7. The van der Waals surface area contributed by atoms with Gasteiger partial charge in [0.25, 0.3) is 0 Å². The zero-order chi connectivity index (χ0) is 36.2. The van der Waals surface area contributed by atoms with Gasteiger partial charge in [0.05, 0.1) is 83.9 Å². The van der Waals surface area contributed by atoms with Crippen LogP contribution in [0.25, 0.3) is 0 Å². The monoisotopic (exact) mass is 706 g/mol. The van der Waals surface area contributed by atoms with Crippen LogP contribution in [0.15, 0.2) is 23.3 Å². The topological polar surface area (TPSA) is 153 Å². The van der Waals surface area contributed by atoms with Gasteiger partial charge < -0.3 is 48.8 Å². The van der Waals surface area contributed by atoms with E-state index in [4.69, 9.17) is 28.4 Å². The SMILES string of the molecule is CC(=C\C=O)/C(C)=C/CCC1OC2CC3OC(C)(CC4CC(O)C5OC6CC(O)C(C)OC6(C)CCC5O4)C(O)CCC3(C)OC2C(O)C1C. The first-order chi connectivity index (χ1) is 23.6. The van der Waals surface area contributed by atoms with Crippen molar-refractivity contribution in [3.63, 3.8) is 0 Å². The van der Waals surface area contributed by atoms with Crippen LogP contribution in [0.4, 0.5) is 0 Å². The lowest BCUT2D eigenvalue weighted by molar-refractivity contribution is -0.312. The van der Waals surface area contributed by atoms with Gasteiger partial charge in [-0.2, -0.15) is 0 Å². The molecule has 6 aliphatic heterocycles. The molecule has 0 aromatic heterocycles. The van der Waals surface area contributed by atoms with Crippen LogP contribution < -0.4 is 0 Å². The highest BCUT2D eigenvalue weighted by atomic mass is 16.6. The number of allylic oxidation sites excluding steroid dienone is 4. The van der Waals surface area contributed by atoms with Crippen molar-refractivity contribution in [3.05, 3.63) is 23.3 Å². The van der Waals surface area contributed by atoms with Crippen molar-refractivity contribution < 1.29 is 53.6 Å². The first-order valence-electron chi connectivity index (χ1n) is 19.1. The molecule has 17 unspecified atom stereocenters. The van der Waals surface area contributed by atoms with E-state index < -0.39 is 53.4 Å². The Hall–Kier alpha value is -1.25. The fraction of sp³-hybridized carbons (Fsp3) is 0.872. The smallest absolute Gasteiger partial charge is 0.143 e. The minimum atomic E-state index is -0.973. The number of carbonyl (C=O) groups excluding carboxylic acids is 1. The van der Waals surface area contributed by atoms with Crippen molar-refractivity contribution in [1.82, 2.24) is 0 Å². The molecule has 0 amide bonds. The van der Waals surface area contributed by atoms with Crippen molar-refractivity contribution in [1.29, 1.82) is 0 Å². The molecule has 0 bridgehead atoms. The van der Waals surface area contributed by atoms with Gasteiger partial charge in [0.1, 0.15) is 18.5 Å². The molecule has 6 heterocycles. The minimum absolute atomic E-state index is 0.127. The molecule has 0 radical (unpaired) electrons. The lowest BCUT2D eigenvalue weighted by Crippen LogP contribution is -2.65. The van der Waals surface area contributed by atoms with E-state index >= 15 is 0 Å². The van der Waals surface area contributed by atoms with Crippen LogP contribution in [0.2, 0.25) is 0 Å². The lowest BCUT2D eigenvalue weighted by Gasteiger charge is -2.54. The average molecular weight is 707 g/mol. The van der Waals surface area contributed by atoms with E-state index in [1.54, 1.807) is 6.08 Å². The molecule has 17 atom stereocenters. The number of carbonyl (C=O) groups is 1. The number of ether oxygens (including phenoxy) is 6.